The second-order valence-electron chi connectivity index (χ2n) is 9.45. The van der Waals surface area contributed by atoms with E-state index in [0.29, 0.717) is 16.7 Å². The van der Waals surface area contributed by atoms with Crippen molar-refractivity contribution < 1.29 is 4.79 Å². The van der Waals surface area contributed by atoms with E-state index in [4.69, 9.17) is 5.10 Å². The number of anilines is 1. The van der Waals surface area contributed by atoms with Gasteiger partial charge in [0.25, 0.3) is 5.56 Å². The van der Waals surface area contributed by atoms with Gasteiger partial charge in [0.15, 0.2) is 0 Å². The van der Waals surface area contributed by atoms with E-state index < -0.39 is 0 Å². The van der Waals surface area contributed by atoms with Gasteiger partial charge in [-0.2, -0.15) is 5.10 Å². The number of carbonyl (C=O) groups is 1. The topological polar surface area (TPSA) is 81.8 Å². The zero-order valence-electron chi connectivity index (χ0n) is 18.3. The number of hydrogen-bond acceptors (Lipinski definition) is 4. The van der Waals surface area contributed by atoms with Crippen molar-refractivity contribution in [1.29, 1.82) is 0 Å². The lowest BCUT2D eigenvalue weighted by Gasteiger charge is -2.23. The number of rotatable bonds is 4. The number of nitrogens with zero attached hydrogens (tertiary/aromatic N) is 4. The molecular weight excluding hydrogens is 446 g/mol. The summed E-state index contributed by atoms with van der Waals surface area (Å²) in [5.41, 5.74) is 0.970. The first-order chi connectivity index (χ1) is 13.9. The first-order valence-electron chi connectivity index (χ1n) is 9.92. The van der Waals surface area contributed by atoms with E-state index in [1.807, 2.05) is 37.6 Å². The highest BCUT2D eigenvalue weighted by atomic mass is 79.9. The molecular formula is C22H28BrN5O2. The number of fused-ring (bicyclic) bond motifs is 1. The van der Waals surface area contributed by atoms with Gasteiger partial charge in [0.05, 0.1) is 28.5 Å². The summed E-state index contributed by atoms with van der Waals surface area (Å²) in [6.45, 7) is 12.6. The van der Waals surface area contributed by atoms with Crippen molar-refractivity contribution in [2.45, 2.75) is 65.5 Å². The zero-order valence-corrected chi connectivity index (χ0v) is 19.9. The van der Waals surface area contributed by atoms with Crippen molar-refractivity contribution in [3.63, 3.8) is 0 Å². The zero-order chi connectivity index (χ0) is 22.3. The van der Waals surface area contributed by atoms with Crippen molar-refractivity contribution in [2.75, 3.05) is 5.32 Å². The number of nitrogens with one attached hydrogen (secondary N) is 1. The molecule has 1 aromatic carbocycles. The van der Waals surface area contributed by atoms with Crippen LogP contribution in [0.5, 0.6) is 0 Å². The molecule has 2 heterocycles. The van der Waals surface area contributed by atoms with E-state index in [0.717, 1.165) is 10.2 Å². The Morgan fingerprint density at radius 3 is 2.47 bits per heavy atom. The van der Waals surface area contributed by atoms with Gasteiger partial charge in [0.2, 0.25) is 5.91 Å². The summed E-state index contributed by atoms with van der Waals surface area (Å²) in [6, 6.07) is 7.30. The Bertz CT molecular complexity index is 1150. The van der Waals surface area contributed by atoms with Gasteiger partial charge in [-0.3, -0.25) is 14.2 Å². The molecule has 3 aromatic rings. The molecule has 7 nitrogen and oxygen atoms in total. The number of hydrogen-bond donors (Lipinski definition) is 1. The molecule has 1 N–H and O–H groups in total. The molecule has 0 saturated carbocycles. The van der Waals surface area contributed by atoms with E-state index in [1.165, 1.54) is 10.9 Å². The molecule has 8 heteroatoms. The van der Waals surface area contributed by atoms with Gasteiger partial charge >= 0.3 is 0 Å². The number of aromatic nitrogens is 4. The second kappa shape index (κ2) is 7.98. The van der Waals surface area contributed by atoms with Crippen molar-refractivity contribution in [3.05, 3.63) is 51.1 Å². The van der Waals surface area contributed by atoms with E-state index >= 15 is 0 Å². The minimum Gasteiger partial charge on any atom is -0.311 e. The van der Waals surface area contributed by atoms with Gasteiger partial charge in [0.1, 0.15) is 5.82 Å². The maximum absolute atomic E-state index is 12.7. The maximum Gasteiger partial charge on any atom is 0.261 e. The Morgan fingerprint density at radius 1 is 1.13 bits per heavy atom. The normalized spacial score (nSPS) is 12.4. The van der Waals surface area contributed by atoms with Gasteiger partial charge in [-0.25, -0.2) is 9.67 Å². The predicted octanol–water partition coefficient (Wildman–Crippen LogP) is 4.44. The van der Waals surface area contributed by atoms with Crippen LogP contribution in [0.2, 0.25) is 0 Å². The quantitative estimate of drug-likeness (QED) is 0.607. The highest BCUT2D eigenvalue weighted by Crippen LogP contribution is 2.28. The highest BCUT2D eigenvalue weighted by Gasteiger charge is 2.25. The number of halogens is 1. The van der Waals surface area contributed by atoms with Crippen molar-refractivity contribution >= 4 is 38.6 Å². The molecule has 160 valence electrons. The fourth-order valence-corrected chi connectivity index (χ4v) is 3.43. The van der Waals surface area contributed by atoms with E-state index in [2.05, 4.69) is 47.0 Å². The lowest BCUT2D eigenvalue weighted by Crippen LogP contribution is -2.28. The molecule has 3 rings (SSSR count). The van der Waals surface area contributed by atoms with Crippen LogP contribution < -0.4 is 10.9 Å². The molecule has 0 atom stereocenters. The molecule has 2 aromatic heterocycles. The molecule has 0 aliphatic carbocycles. The molecule has 0 radical (unpaired) electrons. The predicted molar refractivity (Wildman–Crippen MR) is 123 cm³/mol. The average molecular weight is 474 g/mol. The van der Waals surface area contributed by atoms with Crippen LogP contribution in [-0.4, -0.2) is 25.2 Å². The Labute approximate surface area is 184 Å². The Hall–Kier alpha value is -2.48. The largest absolute Gasteiger partial charge is 0.311 e. The van der Waals surface area contributed by atoms with Crippen LogP contribution in [0.25, 0.3) is 10.9 Å². The van der Waals surface area contributed by atoms with Crippen molar-refractivity contribution in [3.8, 4) is 0 Å². The van der Waals surface area contributed by atoms with Crippen LogP contribution >= 0.6 is 15.9 Å². The minimum atomic E-state index is -0.279. The highest BCUT2D eigenvalue weighted by molar-refractivity contribution is 9.10. The van der Waals surface area contributed by atoms with Gasteiger partial charge in [-0.05, 0) is 39.0 Å². The van der Waals surface area contributed by atoms with Crippen molar-refractivity contribution in [2.24, 2.45) is 0 Å². The van der Waals surface area contributed by atoms with Crippen LogP contribution in [0.15, 0.2) is 39.9 Å². The Kier molecular flexibility index (Phi) is 5.91. The molecule has 0 fully saturated rings. The molecule has 0 aliphatic rings. The lowest BCUT2D eigenvalue weighted by molar-refractivity contribution is -0.116. The van der Waals surface area contributed by atoms with Crippen molar-refractivity contribution in [1.82, 2.24) is 19.3 Å². The van der Waals surface area contributed by atoms with Crippen LogP contribution in [-0.2, 0) is 22.3 Å². The summed E-state index contributed by atoms with van der Waals surface area (Å²) in [5.74, 6) is 0.479. The Balaban J connectivity index is 1.78. The summed E-state index contributed by atoms with van der Waals surface area (Å²) in [5, 5.41) is 8.20. The van der Waals surface area contributed by atoms with Crippen LogP contribution in [0.3, 0.4) is 0 Å². The molecule has 0 saturated heterocycles. The summed E-state index contributed by atoms with van der Waals surface area (Å²) in [4.78, 5) is 29.7. The first kappa shape index (κ1) is 22.2. The standard InChI is InChI=1S/C22H28BrN5O2/c1-21(2,3)17-12-18(28(26-17)22(4,5)6)25-19(29)9-10-27-13-24-16-8-7-14(23)11-15(16)20(27)30/h7-8,11-13H,9-10H2,1-6H3,(H,25,29). The molecule has 0 bridgehead atoms. The fraction of sp³-hybridized carbons (Fsp3) is 0.455. The first-order valence-corrected chi connectivity index (χ1v) is 10.7. The van der Waals surface area contributed by atoms with Crippen LogP contribution in [0.1, 0.15) is 53.7 Å². The summed E-state index contributed by atoms with van der Waals surface area (Å²) in [6.07, 6.45) is 1.64. The van der Waals surface area contributed by atoms with Gasteiger partial charge < -0.3 is 5.32 Å². The average Bonchev–Trinajstić information content (AvgIpc) is 3.06. The molecule has 0 unspecified atom stereocenters. The maximum atomic E-state index is 12.7. The SMILES string of the molecule is CC(C)(C)c1cc(NC(=O)CCn2cnc3ccc(Br)cc3c2=O)n(C(C)(C)C)n1. The Morgan fingerprint density at radius 2 is 1.83 bits per heavy atom. The molecule has 0 spiro atoms. The molecule has 1 amide bonds. The van der Waals surface area contributed by atoms with E-state index in [9.17, 15) is 9.59 Å². The van der Waals surface area contributed by atoms with Gasteiger partial charge in [-0.1, -0.05) is 36.7 Å². The van der Waals surface area contributed by atoms with Gasteiger partial charge in [0, 0.05) is 28.9 Å². The van der Waals surface area contributed by atoms with Gasteiger partial charge in [-0.15, -0.1) is 0 Å². The molecule has 0 aliphatic heterocycles. The smallest absolute Gasteiger partial charge is 0.261 e. The minimum absolute atomic E-state index is 0.131. The summed E-state index contributed by atoms with van der Waals surface area (Å²) in [7, 11) is 0. The number of carbonyl (C=O) groups excluding carboxylic acids is 1. The lowest BCUT2D eigenvalue weighted by atomic mass is 9.92. The number of aryl methyl sites for hydroxylation is 1. The third-order valence-corrected chi connectivity index (χ3v) is 5.24. The number of amides is 1. The third-order valence-electron chi connectivity index (χ3n) is 4.75. The second-order valence-corrected chi connectivity index (χ2v) is 10.4. The van der Waals surface area contributed by atoms with Crippen LogP contribution in [0.4, 0.5) is 5.82 Å². The third kappa shape index (κ3) is 4.80. The summed E-state index contributed by atoms with van der Waals surface area (Å²) < 4.78 is 4.12. The number of benzene rings is 1. The fourth-order valence-electron chi connectivity index (χ4n) is 3.07. The monoisotopic (exact) mass is 473 g/mol. The summed E-state index contributed by atoms with van der Waals surface area (Å²) >= 11 is 3.38. The van der Waals surface area contributed by atoms with E-state index in [1.54, 1.807) is 12.1 Å². The molecule has 30 heavy (non-hydrogen) atoms. The van der Waals surface area contributed by atoms with E-state index in [-0.39, 0.29) is 35.4 Å². The van der Waals surface area contributed by atoms with Crippen LogP contribution in [0, 0.1) is 0 Å².